The second-order valence-corrected chi connectivity index (χ2v) is 8.82. The predicted octanol–water partition coefficient (Wildman–Crippen LogP) is 2.48. The minimum atomic E-state index is -3.10. The van der Waals surface area contributed by atoms with Crippen LogP contribution in [0.25, 0.3) is 11.3 Å². The van der Waals surface area contributed by atoms with Gasteiger partial charge in [0.1, 0.15) is 23.8 Å². The first-order valence-corrected chi connectivity index (χ1v) is 11.9. The van der Waals surface area contributed by atoms with Gasteiger partial charge in [-0.05, 0) is 38.2 Å². The summed E-state index contributed by atoms with van der Waals surface area (Å²) in [5.74, 6) is -0.908. The zero-order valence-corrected chi connectivity index (χ0v) is 21.4. The summed E-state index contributed by atoms with van der Waals surface area (Å²) in [6.07, 6.45) is 3.56. The van der Waals surface area contributed by atoms with Crippen molar-refractivity contribution in [2.45, 2.75) is 19.6 Å². The van der Waals surface area contributed by atoms with Gasteiger partial charge < -0.3 is 30.9 Å². The molecule has 0 aliphatic carbocycles. The van der Waals surface area contributed by atoms with Crippen molar-refractivity contribution < 1.29 is 23.1 Å². The van der Waals surface area contributed by atoms with Crippen LogP contribution in [0.4, 0.5) is 14.5 Å². The molecule has 10 nitrogen and oxygen atoms in total. The maximum Gasteiger partial charge on any atom is 0.387 e. The van der Waals surface area contributed by atoms with Crippen LogP contribution in [0.1, 0.15) is 6.42 Å². The predicted molar refractivity (Wildman–Crippen MR) is 137 cm³/mol. The largest absolute Gasteiger partial charge is 0.434 e. The molecule has 1 saturated heterocycles. The zero-order chi connectivity index (χ0) is 27.1. The minimum Gasteiger partial charge on any atom is -0.434 e. The highest BCUT2D eigenvalue weighted by Gasteiger charge is 2.23. The number of amides is 2. The Hall–Kier alpha value is -3.64. The van der Waals surface area contributed by atoms with Gasteiger partial charge in [-0.3, -0.25) is 14.3 Å². The number of alkyl halides is 2. The van der Waals surface area contributed by atoms with Gasteiger partial charge in [-0.1, -0.05) is 24.3 Å². The number of aromatic nitrogens is 2. The lowest BCUT2D eigenvalue weighted by Crippen LogP contribution is -2.36. The van der Waals surface area contributed by atoms with Crippen LogP contribution >= 0.6 is 11.6 Å². The third-order valence-electron chi connectivity index (χ3n) is 5.80. The Morgan fingerprint density at radius 3 is 2.73 bits per heavy atom. The smallest absolute Gasteiger partial charge is 0.387 e. The van der Waals surface area contributed by atoms with Crippen molar-refractivity contribution in [3.8, 4) is 17.0 Å². The van der Waals surface area contributed by atoms with Crippen LogP contribution in [-0.4, -0.2) is 78.3 Å². The molecule has 0 radical (unpaired) electrons. The molecular formula is C24H30ClF2N7O3. The quantitative estimate of drug-likeness (QED) is 0.332. The molecule has 37 heavy (non-hydrogen) atoms. The number of carbonyl (C=O) groups excluding carboxylic acids is 2. The Bertz CT molecular complexity index is 1190. The molecule has 4 N–H and O–H groups in total. The Morgan fingerprint density at radius 2 is 2.05 bits per heavy atom. The fourth-order valence-corrected chi connectivity index (χ4v) is 4.03. The van der Waals surface area contributed by atoms with Crippen LogP contribution in [0, 0.1) is 0 Å². The van der Waals surface area contributed by atoms with Crippen molar-refractivity contribution in [2.75, 3.05) is 45.6 Å². The van der Waals surface area contributed by atoms with Crippen molar-refractivity contribution in [2.24, 2.45) is 5.73 Å². The first-order valence-electron chi connectivity index (χ1n) is 11.5. The van der Waals surface area contributed by atoms with Gasteiger partial charge in [0.05, 0.1) is 11.3 Å². The van der Waals surface area contributed by atoms with Crippen molar-refractivity contribution in [1.29, 1.82) is 0 Å². The van der Waals surface area contributed by atoms with Gasteiger partial charge >= 0.3 is 6.61 Å². The highest BCUT2D eigenvalue weighted by atomic mass is 35.5. The van der Waals surface area contributed by atoms with E-state index >= 15 is 0 Å². The van der Waals surface area contributed by atoms with Gasteiger partial charge in [-0.15, -0.1) is 0 Å². The molecule has 0 spiro atoms. The second-order valence-electron chi connectivity index (χ2n) is 8.38. The first-order chi connectivity index (χ1) is 17.6. The van der Waals surface area contributed by atoms with Crippen LogP contribution in [-0.2, 0) is 16.1 Å². The van der Waals surface area contributed by atoms with Crippen LogP contribution in [0.2, 0.25) is 5.02 Å². The molecule has 0 atom stereocenters. The van der Waals surface area contributed by atoms with E-state index in [4.69, 9.17) is 17.3 Å². The van der Waals surface area contributed by atoms with Gasteiger partial charge in [0.15, 0.2) is 0 Å². The van der Waals surface area contributed by atoms with E-state index in [1.165, 1.54) is 35.2 Å². The summed E-state index contributed by atoms with van der Waals surface area (Å²) in [5.41, 5.74) is 6.23. The first kappa shape index (κ1) is 27.9. The Labute approximate surface area is 218 Å². The molecule has 13 heteroatoms. The van der Waals surface area contributed by atoms with E-state index in [0.717, 1.165) is 19.5 Å². The number of halogens is 3. The van der Waals surface area contributed by atoms with E-state index in [0.29, 0.717) is 13.1 Å². The number of hydrogen-bond acceptors (Lipinski definition) is 7. The van der Waals surface area contributed by atoms with E-state index in [2.05, 4.69) is 31.9 Å². The number of nitrogens with zero attached hydrogens (tertiary/aromatic N) is 4. The Balaban J connectivity index is 2.00. The van der Waals surface area contributed by atoms with E-state index in [-0.39, 0.29) is 51.6 Å². The number of anilines is 1. The Morgan fingerprint density at radius 1 is 1.30 bits per heavy atom. The zero-order valence-electron chi connectivity index (χ0n) is 20.6. The van der Waals surface area contributed by atoms with Crippen molar-refractivity contribution in [3.63, 3.8) is 0 Å². The number of carbonyl (C=O) groups is 2. The number of benzene rings is 1. The number of rotatable bonds is 9. The van der Waals surface area contributed by atoms with Gasteiger partial charge in [-0.25, -0.2) is 0 Å². The molecule has 2 amide bonds. The van der Waals surface area contributed by atoms with Gasteiger partial charge in [-0.2, -0.15) is 13.9 Å². The molecular weight excluding hydrogens is 508 g/mol. The van der Waals surface area contributed by atoms with Crippen molar-refractivity contribution in [1.82, 2.24) is 24.9 Å². The summed E-state index contributed by atoms with van der Waals surface area (Å²) in [6, 6.07) is 4.06. The molecule has 0 bridgehead atoms. The summed E-state index contributed by atoms with van der Waals surface area (Å²) < 4.78 is 32.2. The molecule has 0 unspecified atom stereocenters. The molecule has 200 valence electrons. The fourth-order valence-electron chi connectivity index (χ4n) is 3.86. The molecule has 1 aliphatic heterocycles. The molecule has 1 aliphatic rings. The molecule has 3 rings (SSSR count). The third-order valence-corrected chi connectivity index (χ3v) is 6.04. The van der Waals surface area contributed by atoms with Gasteiger partial charge in [0.25, 0.3) is 5.91 Å². The minimum absolute atomic E-state index is 0.0566. The van der Waals surface area contributed by atoms with E-state index in [9.17, 15) is 18.4 Å². The highest BCUT2D eigenvalue weighted by molar-refractivity contribution is 6.31. The van der Waals surface area contributed by atoms with Crippen LogP contribution in [0.5, 0.6) is 5.75 Å². The molecule has 1 aromatic carbocycles. The lowest BCUT2D eigenvalue weighted by atomic mass is 10.1. The van der Waals surface area contributed by atoms with E-state index in [1.54, 1.807) is 11.9 Å². The lowest BCUT2D eigenvalue weighted by Gasteiger charge is -2.20. The lowest BCUT2D eigenvalue weighted by molar-refractivity contribution is -0.131. The molecule has 2 aromatic rings. The number of nitrogens with one attached hydrogen (secondary N) is 2. The van der Waals surface area contributed by atoms with E-state index in [1.807, 2.05) is 7.05 Å². The topological polar surface area (TPSA) is 118 Å². The average Bonchev–Trinajstić information content (AvgIpc) is 3.09. The summed E-state index contributed by atoms with van der Waals surface area (Å²) in [4.78, 5) is 29.9. The molecule has 1 fully saturated rings. The van der Waals surface area contributed by atoms with Crippen LogP contribution in [0.15, 0.2) is 48.4 Å². The summed E-state index contributed by atoms with van der Waals surface area (Å²) in [6.45, 7) is 3.20. The Kier molecular flexibility index (Phi) is 9.48. The van der Waals surface area contributed by atoms with Gasteiger partial charge in [0, 0.05) is 43.5 Å². The second kappa shape index (κ2) is 12.5. The highest BCUT2D eigenvalue weighted by Crippen LogP contribution is 2.37. The summed E-state index contributed by atoms with van der Waals surface area (Å²) in [7, 11) is 3.54. The molecule has 2 heterocycles. The SMILES string of the molecule is C=C/C(C(=O)Nc1cn(CC(=O)N2CCCN(C)CC2)nc1-c1cc(Cl)ccc1OC(F)F)=C(\N)NC. The molecule has 0 saturated carbocycles. The molecule has 1 aromatic heterocycles. The van der Waals surface area contributed by atoms with Crippen molar-refractivity contribution in [3.05, 3.63) is 53.5 Å². The summed E-state index contributed by atoms with van der Waals surface area (Å²) >= 11 is 6.14. The third kappa shape index (κ3) is 7.20. The maximum atomic E-state index is 13.1. The van der Waals surface area contributed by atoms with E-state index < -0.39 is 12.5 Å². The van der Waals surface area contributed by atoms with Crippen LogP contribution in [0.3, 0.4) is 0 Å². The summed E-state index contributed by atoms with van der Waals surface area (Å²) in [5, 5.41) is 10.0. The standard InChI is InChI=1S/C24H30ClF2N7O3/c1-4-16(22(28)29-2)23(36)30-18-13-34(14-20(35)33-9-5-8-32(3)10-11-33)31-21(18)17-12-15(25)6-7-19(17)37-24(26)27/h4,6-7,12-13,24,29H,1,5,8-11,14,28H2,2-3H3,(H,30,36)/b22-16-. The van der Waals surface area contributed by atoms with Gasteiger partial charge in [0.2, 0.25) is 5.91 Å². The normalized spacial score (nSPS) is 15.1. The number of nitrogens with two attached hydrogens (primary N) is 1. The number of ether oxygens (including phenoxy) is 1. The number of hydrogen-bond donors (Lipinski definition) is 3. The van der Waals surface area contributed by atoms with Crippen molar-refractivity contribution >= 4 is 29.1 Å². The maximum absolute atomic E-state index is 13.1. The fraction of sp³-hybridized carbons (Fsp3) is 0.375. The number of likely N-dealkylation sites (N-methyl/N-ethyl adjacent to an activating group) is 1. The monoisotopic (exact) mass is 537 g/mol. The van der Waals surface area contributed by atoms with Crippen LogP contribution < -0.4 is 21.1 Å². The average molecular weight is 538 g/mol.